The standard InChI is InChI=1S/C10H9NO/c1-7-5-8-3-2-4-9(12)10(8)11-6-7/h2-6,12H,1H3. The van der Waals surface area contributed by atoms with Crippen molar-refractivity contribution in [3.63, 3.8) is 0 Å². The number of pyridine rings is 1. The first-order chi connectivity index (χ1) is 5.77. The summed E-state index contributed by atoms with van der Waals surface area (Å²) in [5.41, 5.74) is 1.77. The van der Waals surface area contributed by atoms with Gasteiger partial charge in [0, 0.05) is 11.6 Å². The van der Waals surface area contributed by atoms with Crippen LogP contribution in [-0.4, -0.2) is 10.1 Å². The third-order valence-corrected chi connectivity index (χ3v) is 1.83. The van der Waals surface area contributed by atoms with E-state index in [0.29, 0.717) is 5.52 Å². The third-order valence-electron chi connectivity index (χ3n) is 1.83. The minimum atomic E-state index is 0.243. The Morgan fingerprint density at radius 3 is 3.00 bits per heavy atom. The molecule has 0 spiro atoms. The zero-order valence-corrected chi connectivity index (χ0v) is 6.78. The molecule has 0 saturated heterocycles. The van der Waals surface area contributed by atoms with E-state index in [4.69, 9.17) is 0 Å². The van der Waals surface area contributed by atoms with E-state index in [9.17, 15) is 5.11 Å². The molecule has 0 fully saturated rings. The lowest BCUT2D eigenvalue weighted by Crippen LogP contribution is -1.80. The van der Waals surface area contributed by atoms with E-state index in [1.807, 2.05) is 25.1 Å². The number of phenolic OH excluding ortho intramolecular Hbond substituents is 1. The maximum atomic E-state index is 9.40. The average Bonchev–Trinajstić information content (AvgIpc) is 2.04. The highest BCUT2D eigenvalue weighted by Crippen LogP contribution is 2.21. The molecule has 0 aliphatic heterocycles. The van der Waals surface area contributed by atoms with Crippen LogP contribution in [0.4, 0.5) is 0 Å². The molecule has 0 amide bonds. The number of para-hydroxylation sites is 1. The lowest BCUT2D eigenvalue weighted by atomic mass is 10.2. The Morgan fingerprint density at radius 1 is 1.33 bits per heavy atom. The lowest BCUT2D eigenvalue weighted by Gasteiger charge is -1.99. The normalized spacial score (nSPS) is 10.4. The number of aromatic nitrogens is 1. The summed E-state index contributed by atoms with van der Waals surface area (Å²) in [5, 5.41) is 10.4. The first-order valence-corrected chi connectivity index (χ1v) is 3.82. The maximum absolute atomic E-state index is 9.40. The van der Waals surface area contributed by atoms with Crippen molar-refractivity contribution in [2.24, 2.45) is 0 Å². The molecule has 0 atom stereocenters. The number of rotatable bonds is 0. The fourth-order valence-electron chi connectivity index (χ4n) is 1.25. The van der Waals surface area contributed by atoms with Gasteiger partial charge in [-0.05, 0) is 24.6 Å². The number of phenols is 1. The predicted octanol–water partition coefficient (Wildman–Crippen LogP) is 2.25. The molecule has 1 heterocycles. The van der Waals surface area contributed by atoms with Crippen molar-refractivity contribution in [1.29, 1.82) is 0 Å². The average molecular weight is 159 g/mol. The van der Waals surface area contributed by atoms with Gasteiger partial charge in [0.15, 0.2) is 0 Å². The van der Waals surface area contributed by atoms with Crippen molar-refractivity contribution in [2.75, 3.05) is 0 Å². The molecular formula is C10H9NO. The second kappa shape index (κ2) is 2.48. The number of aryl methyl sites for hydroxylation is 1. The predicted molar refractivity (Wildman–Crippen MR) is 48.1 cm³/mol. The molecule has 60 valence electrons. The lowest BCUT2D eigenvalue weighted by molar-refractivity contribution is 0.480. The molecule has 12 heavy (non-hydrogen) atoms. The summed E-state index contributed by atoms with van der Waals surface area (Å²) in [5.74, 6) is 0.243. The van der Waals surface area contributed by atoms with Gasteiger partial charge in [-0.2, -0.15) is 0 Å². The van der Waals surface area contributed by atoms with E-state index < -0.39 is 0 Å². The maximum Gasteiger partial charge on any atom is 0.141 e. The molecule has 1 aromatic carbocycles. The highest BCUT2D eigenvalue weighted by Gasteiger charge is 1.98. The highest BCUT2D eigenvalue weighted by atomic mass is 16.3. The van der Waals surface area contributed by atoms with Gasteiger partial charge in [0.25, 0.3) is 0 Å². The number of hydrogen-bond donors (Lipinski definition) is 1. The monoisotopic (exact) mass is 159 g/mol. The van der Waals surface area contributed by atoms with Crippen LogP contribution in [0, 0.1) is 6.92 Å². The molecule has 2 heteroatoms. The number of nitrogens with zero attached hydrogens (tertiary/aromatic N) is 1. The molecule has 2 nitrogen and oxygen atoms in total. The Hall–Kier alpha value is -1.57. The zero-order chi connectivity index (χ0) is 8.55. The summed E-state index contributed by atoms with van der Waals surface area (Å²) in [6.07, 6.45) is 1.75. The van der Waals surface area contributed by atoms with Crippen molar-refractivity contribution in [3.05, 3.63) is 36.0 Å². The van der Waals surface area contributed by atoms with E-state index in [1.165, 1.54) is 0 Å². The van der Waals surface area contributed by atoms with Crippen LogP contribution in [-0.2, 0) is 0 Å². The molecule has 0 aliphatic carbocycles. The Labute approximate surface area is 70.5 Å². The van der Waals surface area contributed by atoms with Gasteiger partial charge in [-0.3, -0.25) is 4.98 Å². The van der Waals surface area contributed by atoms with Gasteiger partial charge in [-0.25, -0.2) is 0 Å². The molecule has 0 radical (unpaired) electrons. The van der Waals surface area contributed by atoms with E-state index in [0.717, 1.165) is 10.9 Å². The number of hydrogen-bond acceptors (Lipinski definition) is 2. The van der Waals surface area contributed by atoms with Gasteiger partial charge in [-0.1, -0.05) is 12.1 Å². The van der Waals surface area contributed by atoms with Crippen LogP contribution in [0.5, 0.6) is 5.75 Å². The second-order valence-corrected chi connectivity index (χ2v) is 2.86. The van der Waals surface area contributed by atoms with Crippen LogP contribution in [0.3, 0.4) is 0 Å². The fraction of sp³-hybridized carbons (Fsp3) is 0.100. The van der Waals surface area contributed by atoms with Gasteiger partial charge < -0.3 is 5.11 Å². The van der Waals surface area contributed by atoms with E-state index in [-0.39, 0.29) is 5.75 Å². The highest BCUT2D eigenvalue weighted by molar-refractivity contribution is 5.84. The molecule has 0 saturated carbocycles. The van der Waals surface area contributed by atoms with E-state index in [1.54, 1.807) is 12.3 Å². The van der Waals surface area contributed by atoms with Gasteiger partial charge >= 0.3 is 0 Å². The first-order valence-electron chi connectivity index (χ1n) is 3.82. The summed E-state index contributed by atoms with van der Waals surface area (Å²) in [6, 6.07) is 7.40. The van der Waals surface area contributed by atoms with E-state index >= 15 is 0 Å². The summed E-state index contributed by atoms with van der Waals surface area (Å²) in [6.45, 7) is 1.98. The zero-order valence-electron chi connectivity index (χ0n) is 6.78. The minimum Gasteiger partial charge on any atom is -0.506 e. The van der Waals surface area contributed by atoms with Gasteiger partial charge in [0.1, 0.15) is 11.3 Å². The van der Waals surface area contributed by atoms with Crippen molar-refractivity contribution >= 4 is 10.9 Å². The molecule has 2 aromatic rings. The Kier molecular flexibility index (Phi) is 1.47. The van der Waals surface area contributed by atoms with Crippen molar-refractivity contribution < 1.29 is 5.11 Å². The van der Waals surface area contributed by atoms with Crippen molar-refractivity contribution in [1.82, 2.24) is 4.98 Å². The van der Waals surface area contributed by atoms with Gasteiger partial charge in [0.05, 0.1) is 0 Å². The Bertz CT molecular complexity index is 423. The molecule has 0 bridgehead atoms. The number of aromatic hydroxyl groups is 1. The number of benzene rings is 1. The van der Waals surface area contributed by atoms with Crippen LogP contribution < -0.4 is 0 Å². The van der Waals surface area contributed by atoms with Crippen molar-refractivity contribution in [3.8, 4) is 5.75 Å². The van der Waals surface area contributed by atoms with E-state index in [2.05, 4.69) is 4.98 Å². The topological polar surface area (TPSA) is 33.1 Å². The molecule has 1 N–H and O–H groups in total. The molecule has 0 aliphatic rings. The molecule has 2 rings (SSSR count). The second-order valence-electron chi connectivity index (χ2n) is 2.86. The summed E-state index contributed by atoms with van der Waals surface area (Å²) in [4.78, 5) is 4.13. The van der Waals surface area contributed by atoms with Crippen LogP contribution in [0.2, 0.25) is 0 Å². The smallest absolute Gasteiger partial charge is 0.141 e. The largest absolute Gasteiger partial charge is 0.506 e. The fourth-order valence-corrected chi connectivity index (χ4v) is 1.25. The molecule has 0 unspecified atom stereocenters. The van der Waals surface area contributed by atoms with Crippen LogP contribution in [0.15, 0.2) is 30.5 Å². The number of fused-ring (bicyclic) bond motifs is 1. The summed E-state index contributed by atoms with van der Waals surface area (Å²) in [7, 11) is 0. The summed E-state index contributed by atoms with van der Waals surface area (Å²) >= 11 is 0. The van der Waals surface area contributed by atoms with Crippen LogP contribution in [0.25, 0.3) is 10.9 Å². The quantitative estimate of drug-likeness (QED) is 0.639. The molecule has 1 aromatic heterocycles. The van der Waals surface area contributed by atoms with Crippen molar-refractivity contribution in [2.45, 2.75) is 6.92 Å². The third kappa shape index (κ3) is 1.01. The Balaban J connectivity index is 2.86. The van der Waals surface area contributed by atoms with Gasteiger partial charge in [0.2, 0.25) is 0 Å². The van der Waals surface area contributed by atoms with Crippen LogP contribution in [0.1, 0.15) is 5.56 Å². The van der Waals surface area contributed by atoms with Crippen LogP contribution >= 0.6 is 0 Å². The Morgan fingerprint density at radius 2 is 2.17 bits per heavy atom. The SMILES string of the molecule is Cc1cnc2c(O)cccc2c1. The van der Waals surface area contributed by atoms with Gasteiger partial charge in [-0.15, -0.1) is 0 Å². The minimum absolute atomic E-state index is 0.243. The summed E-state index contributed by atoms with van der Waals surface area (Å²) < 4.78 is 0. The first kappa shape index (κ1) is 7.10. The molecular weight excluding hydrogens is 150 g/mol.